The molecule has 2 aromatic rings. The van der Waals surface area contributed by atoms with Crippen LogP contribution in [0.4, 0.5) is 0 Å². The summed E-state index contributed by atoms with van der Waals surface area (Å²) in [5.41, 5.74) is 4.26. The Balaban J connectivity index is 1.85. The van der Waals surface area contributed by atoms with E-state index in [4.69, 9.17) is 4.74 Å². The summed E-state index contributed by atoms with van der Waals surface area (Å²) in [7, 11) is 1.72. The van der Waals surface area contributed by atoms with Gasteiger partial charge in [-0.25, -0.2) is 0 Å². The van der Waals surface area contributed by atoms with Crippen molar-refractivity contribution >= 4 is 0 Å². The first-order valence-corrected chi connectivity index (χ1v) is 7.39. The second-order valence-electron chi connectivity index (χ2n) is 6.03. The van der Waals surface area contributed by atoms with Gasteiger partial charge in [0, 0.05) is 0 Å². The quantitative estimate of drug-likeness (QED) is 0.767. The molecule has 3 atom stereocenters. The van der Waals surface area contributed by atoms with E-state index in [0.717, 1.165) is 11.7 Å². The molecule has 2 aromatic carbocycles. The summed E-state index contributed by atoms with van der Waals surface area (Å²) in [6, 6.07) is 17.6. The van der Waals surface area contributed by atoms with Gasteiger partial charge in [0.2, 0.25) is 0 Å². The lowest BCUT2D eigenvalue weighted by atomic mass is 9.60. The SMILES string of the molecule is COc1ccc([C@H]2[C@H](C)C[C@@H]2c2ccc(C)cc2)cc1. The molecule has 0 heterocycles. The normalized spacial score (nSPS) is 25.1. The van der Waals surface area contributed by atoms with Crippen molar-refractivity contribution in [2.75, 3.05) is 7.11 Å². The first kappa shape index (κ1) is 13.2. The van der Waals surface area contributed by atoms with E-state index < -0.39 is 0 Å². The van der Waals surface area contributed by atoms with E-state index in [-0.39, 0.29) is 0 Å². The summed E-state index contributed by atoms with van der Waals surface area (Å²) in [5.74, 6) is 3.00. The minimum absolute atomic E-state index is 0.642. The van der Waals surface area contributed by atoms with Crippen molar-refractivity contribution in [3.8, 4) is 5.75 Å². The van der Waals surface area contributed by atoms with Crippen LogP contribution in [0.3, 0.4) is 0 Å². The molecular weight excluding hydrogens is 244 g/mol. The molecular formula is C19H22O. The van der Waals surface area contributed by atoms with E-state index in [1.54, 1.807) is 7.11 Å². The maximum atomic E-state index is 5.25. The molecule has 0 bridgehead atoms. The van der Waals surface area contributed by atoms with Crippen LogP contribution in [0.25, 0.3) is 0 Å². The molecule has 1 nitrogen and oxygen atoms in total. The lowest BCUT2D eigenvalue weighted by molar-refractivity contribution is 0.227. The maximum Gasteiger partial charge on any atom is 0.118 e. The Labute approximate surface area is 121 Å². The van der Waals surface area contributed by atoms with Gasteiger partial charge in [0.25, 0.3) is 0 Å². The Bertz CT molecular complexity index is 568. The molecule has 0 amide bonds. The van der Waals surface area contributed by atoms with Crippen molar-refractivity contribution in [1.29, 1.82) is 0 Å². The van der Waals surface area contributed by atoms with Crippen molar-refractivity contribution in [3.63, 3.8) is 0 Å². The second-order valence-corrected chi connectivity index (χ2v) is 6.03. The van der Waals surface area contributed by atoms with Gasteiger partial charge in [-0.15, -0.1) is 0 Å². The van der Waals surface area contributed by atoms with Gasteiger partial charge in [0.15, 0.2) is 0 Å². The summed E-state index contributed by atoms with van der Waals surface area (Å²) in [5, 5.41) is 0. The van der Waals surface area contributed by atoms with E-state index in [1.807, 2.05) is 0 Å². The van der Waals surface area contributed by atoms with Gasteiger partial charge < -0.3 is 4.74 Å². The number of benzene rings is 2. The molecule has 104 valence electrons. The Morgan fingerprint density at radius 1 is 0.900 bits per heavy atom. The van der Waals surface area contributed by atoms with Crippen LogP contribution in [0, 0.1) is 12.8 Å². The lowest BCUT2D eigenvalue weighted by Crippen LogP contribution is -2.30. The number of ether oxygens (including phenoxy) is 1. The number of aryl methyl sites for hydroxylation is 1. The minimum Gasteiger partial charge on any atom is -0.497 e. The zero-order valence-corrected chi connectivity index (χ0v) is 12.5. The molecule has 0 spiro atoms. The molecule has 0 radical (unpaired) electrons. The Kier molecular flexibility index (Phi) is 3.52. The maximum absolute atomic E-state index is 5.25. The van der Waals surface area contributed by atoms with Crippen molar-refractivity contribution in [3.05, 3.63) is 65.2 Å². The molecule has 0 aromatic heterocycles. The van der Waals surface area contributed by atoms with Crippen molar-refractivity contribution in [2.45, 2.75) is 32.1 Å². The molecule has 1 fully saturated rings. The highest BCUT2D eigenvalue weighted by Gasteiger charge is 2.39. The average molecular weight is 266 g/mol. The smallest absolute Gasteiger partial charge is 0.118 e. The zero-order chi connectivity index (χ0) is 14.1. The minimum atomic E-state index is 0.642. The van der Waals surface area contributed by atoms with Gasteiger partial charge >= 0.3 is 0 Å². The number of methoxy groups -OCH3 is 1. The highest BCUT2D eigenvalue weighted by atomic mass is 16.5. The van der Waals surface area contributed by atoms with Crippen LogP contribution in [-0.4, -0.2) is 7.11 Å². The van der Waals surface area contributed by atoms with Crippen LogP contribution >= 0.6 is 0 Å². The third kappa shape index (κ3) is 2.33. The van der Waals surface area contributed by atoms with Crippen LogP contribution in [0.5, 0.6) is 5.75 Å². The molecule has 3 rings (SSSR count). The summed E-state index contributed by atoms with van der Waals surface area (Å²) in [6.45, 7) is 4.51. The van der Waals surface area contributed by atoms with E-state index in [9.17, 15) is 0 Å². The number of rotatable bonds is 3. The summed E-state index contributed by atoms with van der Waals surface area (Å²) in [4.78, 5) is 0. The monoisotopic (exact) mass is 266 g/mol. The third-order valence-corrected chi connectivity index (χ3v) is 4.68. The molecule has 0 saturated heterocycles. The highest BCUT2D eigenvalue weighted by molar-refractivity contribution is 5.37. The third-order valence-electron chi connectivity index (χ3n) is 4.68. The van der Waals surface area contributed by atoms with Crippen LogP contribution < -0.4 is 4.74 Å². The molecule has 1 saturated carbocycles. The first-order chi connectivity index (χ1) is 9.69. The predicted octanol–water partition coefficient (Wildman–Crippen LogP) is 4.91. The van der Waals surface area contributed by atoms with E-state index in [1.165, 1.54) is 23.1 Å². The largest absolute Gasteiger partial charge is 0.497 e. The van der Waals surface area contributed by atoms with Gasteiger partial charge in [-0.05, 0) is 54.4 Å². The topological polar surface area (TPSA) is 9.23 Å². The van der Waals surface area contributed by atoms with Crippen LogP contribution in [-0.2, 0) is 0 Å². The first-order valence-electron chi connectivity index (χ1n) is 7.39. The standard InChI is InChI=1S/C19H22O/c1-13-4-6-15(7-5-13)18-12-14(2)19(18)16-8-10-17(20-3)11-9-16/h4-11,14,18-19H,12H2,1-3H3/t14-,18-,19-/m1/s1. The molecule has 20 heavy (non-hydrogen) atoms. The van der Waals surface area contributed by atoms with Crippen molar-refractivity contribution in [2.24, 2.45) is 5.92 Å². The van der Waals surface area contributed by atoms with E-state index >= 15 is 0 Å². The van der Waals surface area contributed by atoms with Gasteiger partial charge in [0.1, 0.15) is 5.75 Å². The molecule has 1 heteroatoms. The van der Waals surface area contributed by atoms with Crippen LogP contribution in [0.15, 0.2) is 48.5 Å². The average Bonchev–Trinajstić information content (AvgIpc) is 2.46. The summed E-state index contributed by atoms with van der Waals surface area (Å²) < 4.78 is 5.25. The fourth-order valence-corrected chi connectivity index (χ4v) is 3.44. The van der Waals surface area contributed by atoms with Crippen LogP contribution in [0.2, 0.25) is 0 Å². The highest BCUT2D eigenvalue weighted by Crippen LogP contribution is 2.53. The fraction of sp³-hybridized carbons (Fsp3) is 0.368. The number of hydrogen-bond donors (Lipinski definition) is 0. The second kappa shape index (κ2) is 5.32. The van der Waals surface area contributed by atoms with Gasteiger partial charge in [-0.3, -0.25) is 0 Å². The molecule has 0 N–H and O–H groups in total. The van der Waals surface area contributed by atoms with E-state index in [2.05, 4.69) is 62.4 Å². The Morgan fingerprint density at radius 2 is 1.50 bits per heavy atom. The van der Waals surface area contributed by atoms with Gasteiger partial charge in [0.05, 0.1) is 7.11 Å². The zero-order valence-electron chi connectivity index (χ0n) is 12.5. The summed E-state index contributed by atoms with van der Waals surface area (Å²) in [6.07, 6.45) is 1.29. The fourth-order valence-electron chi connectivity index (χ4n) is 3.44. The van der Waals surface area contributed by atoms with E-state index in [0.29, 0.717) is 11.8 Å². The van der Waals surface area contributed by atoms with Crippen molar-refractivity contribution < 1.29 is 4.74 Å². The molecule has 1 aliphatic carbocycles. The Morgan fingerprint density at radius 3 is 2.05 bits per heavy atom. The predicted molar refractivity (Wildman–Crippen MR) is 83.4 cm³/mol. The molecule has 0 aliphatic heterocycles. The summed E-state index contributed by atoms with van der Waals surface area (Å²) >= 11 is 0. The van der Waals surface area contributed by atoms with Crippen molar-refractivity contribution in [1.82, 2.24) is 0 Å². The Hall–Kier alpha value is -1.76. The number of hydrogen-bond acceptors (Lipinski definition) is 1. The van der Waals surface area contributed by atoms with Crippen LogP contribution in [0.1, 0.15) is 41.9 Å². The lowest BCUT2D eigenvalue weighted by Gasteiger charge is -2.44. The molecule has 0 unspecified atom stereocenters. The van der Waals surface area contributed by atoms with Gasteiger partial charge in [-0.2, -0.15) is 0 Å². The van der Waals surface area contributed by atoms with Gasteiger partial charge in [-0.1, -0.05) is 48.9 Å². The molecule has 1 aliphatic rings.